The van der Waals surface area contributed by atoms with Crippen molar-refractivity contribution in [2.24, 2.45) is 0 Å². The van der Waals surface area contributed by atoms with E-state index in [0.29, 0.717) is 11.1 Å². The lowest BCUT2D eigenvalue weighted by Gasteiger charge is -2.11. The fraction of sp³-hybridized carbons (Fsp3) is 0.105. The van der Waals surface area contributed by atoms with Gasteiger partial charge in [0.2, 0.25) is 0 Å². The van der Waals surface area contributed by atoms with E-state index in [0.717, 1.165) is 29.3 Å². The Bertz CT molecular complexity index is 785. The normalized spacial score (nSPS) is 12.6. The SMILES string of the molecule is Cc1cccc(/C(=C/C=C/C(=O)O)c2ccc(C(F)(F)F)cc2)c1. The van der Waals surface area contributed by atoms with Crippen molar-refractivity contribution in [3.8, 4) is 0 Å². The van der Waals surface area contributed by atoms with Crippen molar-refractivity contribution in [3.05, 3.63) is 89.0 Å². The van der Waals surface area contributed by atoms with E-state index < -0.39 is 17.7 Å². The Hall–Kier alpha value is -2.82. The van der Waals surface area contributed by atoms with Gasteiger partial charge < -0.3 is 5.11 Å². The summed E-state index contributed by atoms with van der Waals surface area (Å²) in [4.78, 5) is 10.6. The molecule has 124 valence electrons. The molecule has 2 aromatic rings. The summed E-state index contributed by atoms with van der Waals surface area (Å²) >= 11 is 0. The third-order valence-electron chi connectivity index (χ3n) is 3.35. The number of aryl methyl sites for hydroxylation is 1. The Kier molecular flexibility index (Phi) is 5.24. The molecule has 24 heavy (non-hydrogen) atoms. The molecule has 0 heterocycles. The number of halogens is 3. The van der Waals surface area contributed by atoms with Crippen LogP contribution in [0.2, 0.25) is 0 Å². The number of alkyl halides is 3. The topological polar surface area (TPSA) is 37.3 Å². The van der Waals surface area contributed by atoms with Crippen LogP contribution in [-0.2, 0) is 11.0 Å². The summed E-state index contributed by atoms with van der Waals surface area (Å²) in [6.07, 6.45) is -0.488. The Morgan fingerprint density at radius 1 is 1.04 bits per heavy atom. The molecule has 0 aliphatic carbocycles. The fourth-order valence-electron chi connectivity index (χ4n) is 2.24. The summed E-state index contributed by atoms with van der Waals surface area (Å²) in [7, 11) is 0. The van der Waals surface area contributed by atoms with Crippen LogP contribution < -0.4 is 0 Å². The molecular formula is C19H15F3O2. The second-order valence-corrected chi connectivity index (χ2v) is 5.22. The Morgan fingerprint density at radius 3 is 2.25 bits per heavy atom. The predicted octanol–water partition coefficient (Wildman–Crippen LogP) is 5.09. The van der Waals surface area contributed by atoms with Crippen LogP contribution in [0.4, 0.5) is 13.2 Å². The quantitative estimate of drug-likeness (QED) is 0.626. The zero-order chi connectivity index (χ0) is 17.7. The van der Waals surface area contributed by atoms with Crippen molar-refractivity contribution >= 4 is 11.5 Å². The number of carboxylic acids is 1. The van der Waals surface area contributed by atoms with Crippen LogP contribution in [0.5, 0.6) is 0 Å². The first-order valence-corrected chi connectivity index (χ1v) is 7.13. The number of hydrogen-bond acceptors (Lipinski definition) is 1. The minimum atomic E-state index is -4.39. The van der Waals surface area contributed by atoms with Gasteiger partial charge in [0.15, 0.2) is 0 Å². The van der Waals surface area contributed by atoms with Gasteiger partial charge in [-0.2, -0.15) is 13.2 Å². The van der Waals surface area contributed by atoms with Gasteiger partial charge in [-0.1, -0.05) is 54.1 Å². The second kappa shape index (κ2) is 7.17. The maximum atomic E-state index is 12.7. The number of rotatable bonds is 4. The van der Waals surface area contributed by atoms with E-state index in [1.165, 1.54) is 18.2 Å². The molecule has 2 aromatic carbocycles. The Morgan fingerprint density at radius 2 is 1.71 bits per heavy atom. The molecule has 0 saturated carbocycles. The molecule has 0 spiro atoms. The van der Waals surface area contributed by atoms with Gasteiger partial charge in [-0.05, 0) is 35.8 Å². The van der Waals surface area contributed by atoms with Gasteiger partial charge in [-0.3, -0.25) is 0 Å². The van der Waals surface area contributed by atoms with E-state index in [1.54, 1.807) is 6.08 Å². The van der Waals surface area contributed by atoms with Crippen LogP contribution in [0.1, 0.15) is 22.3 Å². The molecule has 0 bridgehead atoms. The van der Waals surface area contributed by atoms with Crippen LogP contribution in [-0.4, -0.2) is 11.1 Å². The monoisotopic (exact) mass is 332 g/mol. The molecule has 0 amide bonds. The zero-order valence-electron chi connectivity index (χ0n) is 12.8. The highest BCUT2D eigenvalue weighted by Gasteiger charge is 2.30. The van der Waals surface area contributed by atoms with Crippen molar-refractivity contribution in [3.63, 3.8) is 0 Å². The third-order valence-corrected chi connectivity index (χ3v) is 3.35. The van der Waals surface area contributed by atoms with Crippen LogP contribution in [0, 0.1) is 6.92 Å². The molecule has 2 nitrogen and oxygen atoms in total. The maximum Gasteiger partial charge on any atom is 0.416 e. The average Bonchev–Trinajstić information content (AvgIpc) is 2.50. The number of carboxylic acid groups (broad SMARTS) is 1. The average molecular weight is 332 g/mol. The molecule has 0 unspecified atom stereocenters. The first-order chi connectivity index (χ1) is 11.3. The van der Waals surface area contributed by atoms with Gasteiger partial charge in [-0.25, -0.2) is 4.79 Å². The molecule has 0 aliphatic heterocycles. The standard InChI is InChI=1S/C19H15F3O2/c1-13-4-2-5-15(12-13)17(6-3-7-18(23)24)14-8-10-16(11-9-14)19(20,21)22/h2-12H,1H3,(H,23,24)/b7-3+,17-6+. The van der Waals surface area contributed by atoms with Crippen LogP contribution >= 0.6 is 0 Å². The smallest absolute Gasteiger partial charge is 0.416 e. The summed E-state index contributed by atoms with van der Waals surface area (Å²) in [5.41, 5.74) is 2.28. The molecule has 0 atom stereocenters. The summed E-state index contributed by atoms with van der Waals surface area (Å²) in [6, 6.07) is 12.2. The highest BCUT2D eigenvalue weighted by molar-refractivity contribution is 5.84. The number of allylic oxidation sites excluding steroid dienone is 2. The summed E-state index contributed by atoms with van der Waals surface area (Å²) < 4.78 is 38.1. The largest absolute Gasteiger partial charge is 0.478 e. The highest BCUT2D eigenvalue weighted by atomic mass is 19.4. The molecule has 1 N–H and O–H groups in total. The van der Waals surface area contributed by atoms with Gasteiger partial charge in [0, 0.05) is 6.08 Å². The molecule has 0 aromatic heterocycles. The maximum absolute atomic E-state index is 12.7. The van der Waals surface area contributed by atoms with Crippen molar-refractivity contribution in [2.75, 3.05) is 0 Å². The van der Waals surface area contributed by atoms with Gasteiger partial charge >= 0.3 is 12.1 Å². The number of carbonyl (C=O) groups is 1. The van der Waals surface area contributed by atoms with Gasteiger partial charge in [-0.15, -0.1) is 0 Å². The minimum Gasteiger partial charge on any atom is -0.478 e. The highest BCUT2D eigenvalue weighted by Crippen LogP contribution is 2.31. The third kappa shape index (κ3) is 4.59. The first-order valence-electron chi connectivity index (χ1n) is 7.13. The summed E-state index contributed by atoms with van der Waals surface area (Å²) in [6.45, 7) is 1.90. The van der Waals surface area contributed by atoms with E-state index in [-0.39, 0.29) is 0 Å². The van der Waals surface area contributed by atoms with Gasteiger partial charge in [0.05, 0.1) is 5.56 Å². The molecular weight excluding hydrogens is 317 g/mol. The van der Waals surface area contributed by atoms with E-state index in [4.69, 9.17) is 5.11 Å². The lowest BCUT2D eigenvalue weighted by atomic mass is 9.95. The van der Waals surface area contributed by atoms with E-state index in [9.17, 15) is 18.0 Å². The predicted molar refractivity (Wildman–Crippen MR) is 86.5 cm³/mol. The summed E-state index contributed by atoms with van der Waals surface area (Å²) in [5.74, 6) is -1.10. The molecule has 0 radical (unpaired) electrons. The second-order valence-electron chi connectivity index (χ2n) is 5.22. The van der Waals surface area contributed by atoms with Crippen molar-refractivity contribution < 1.29 is 23.1 Å². The lowest BCUT2D eigenvalue weighted by molar-refractivity contribution is -0.137. The number of aliphatic carboxylic acids is 1. The molecule has 0 aliphatic rings. The summed E-state index contributed by atoms with van der Waals surface area (Å²) in [5, 5.41) is 8.70. The Labute approximate surface area is 137 Å². The van der Waals surface area contributed by atoms with Crippen molar-refractivity contribution in [1.82, 2.24) is 0 Å². The molecule has 0 fully saturated rings. The molecule has 0 saturated heterocycles. The zero-order valence-corrected chi connectivity index (χ0v) is 12.8. The van der Waals surface area contributed by atoms with Crippen LogP contribution in [0.3, 0.4) is 0 Å². The minimum absolute atomic E-state index is 0.573. The molecule has 5 heteroatoms. The lowest BCUT2D eigenvalue weighted by Crippen LogP contribution is -2.04. The van der Waals surface area contributed by atoms with Crippen molar-refractivity contribution in [2.45, 2.75) is 13.1 Å². The van der Waals surface area contributed by atoms with Crippen LogP contribution in [0.25, 0.3) is 5.57 Å². The van der Waals surface area contributed by atoms with Crippen LogP contribution in [0.15, 0.2) is 66.8 Å². The van der Waals surface area contributed by atoms with Crippen molar-refractivity contribution in [1.29, 1.82) is 0 Å². The molecule has 2 rings (SSSR count). The van der Waals surface area contributed by atoms with E-state index in [1.807, 2.05) is 31.2 Å². The first kappa shape index (κ1) is 17.5. The van der Waals surface area contributed by atoms with Gasteiger partial charge in [0.1, 0.15) is 0 Å². The van der Waals surface area contributed by atoms with E-state index in [2.05, 4.69) is 0 Å². The fourth-order valence-corrected chi connectivity index (χ4v) is 2.24. The van der Waals surface area contributed by atoms with E-state index >= 15 is 0 Å². The number of hydrogen-bond donors (Lipinski definition) is 1. The van der Waals surface area contributed by atoms with Gasteiger partial charge in [0.25, 0.3) is 0 Å². The number of benzene rings is 2. The Balaban J connectivity index is 2.48.